The largest absolute Gasteiger partial charge is 0.302 e. The Balaban J connectivity index is 1.97. The van der Waals surface area contributed by atoms with Crippen molar-refractivity contribution < 1.29 is 4.39 Å². The van der Waals surface area contributed by atoms with Crippen LogP contribution in [0.25, 0.3) is 11.4 Å². The number of aromatic nitrogens is 5. The van der Waals surface area contributed by atoms with E-state index in [1.54, 1.807) is 12.1 Å². The molecule has 24 heavy (non-hydrogen) atoms. The molecule has 0 aliphatic heterocycles. The van der Waals surface area contributed by atoms with Crippen molar-refractivity contribution in [3.8, 4) is 11.4 Å². The summed E-state index contributed by atoms with van der Waals surface area (Å²) in [5, 5.41) is 9.93. The maximum absolute atomic E-state index is 14.4. The smallest absolute Gasteiger partial charge is 0.197 e. The van der Waals surface area contributed by atoms with Gasteiger partial charge >= 0.3 is 0 Å². The number of rotatable bonds is 5. The van der Waals surface area contributed by atoms with Crippen LogP contribution in [0.15, 0.2) is 40.8 Å². The average Bonchev–Trinajstić information content (AvgIpc) is 3.00. The van der Waals surface area contributed by atoms with Gasteiger partial charge in [0.2, 0.25) is 0 Å². The van der Waals surface area contributed by atoms with Crippen LogP contribution in [0.3, 0.4) is 0 Å². The minimum atomic E-state index is -0.399. The van der Waals surface area contributed by atoms with Crippen molar-refractivity contribution in [1.29, 1.82) is 0 Å². The summed E-state index contributed by atoms with van der Waals surface area (Å²) in [6.07, 6.45) is 1.88. The topological polar surface area (TPSA) is 56.5 Å². The van der Waals surface area contributed by atoms with Gasteiger partial charge in [-0.15, -0.1) is 10.2 Å². The highest BCUT2D eigenvalue weighted by Crippen LogP contribution is 2.30. The molecular formula is C16H15ClFN5S. The second-order valence-electron chi connectivity index (χ2n) is 4.95. The summed E-state index contributed by atoms with van der Waals surface area (Å²) in [5.41, 5.74) is 1.30. The van der Waals surface area contributed by atoms with Crippen LogP contribution in [-0.4, -0.2) is 24.7 Å². The number of benzene rings is 1. The molecule has 0 saturated heterocycles. The second kappa shape index (κ2) is 7.27. The van der Waals surface area contributed by atoms with Crippen LogP contribution >= 0.6 is 23.4 Å². The van der Waals surface area contributed by atoms with E-state index in [4.69, 9.17) is 11.6 Å². The number of aryl methyl sites for hydroxylation is 1. The number of hydrogen-bond acceptors (Lipinski definition) is 5. The van der Waals surface area contributed by atoms with Gasteiger partial charge in [0.25, 0.3) is 0 Å². The van der Waals surface area contributed by atoms with Gasteiger partial charge in [-0.05, 0) is 49.4 Å². The molecule has 8 heteroatoms. The normalized spacial score (nSPS) is 11.0. The van der Waals surface area contributed by atoms with E-state index in [1.807, 2.05) is 30.5 Å². The van der Waals surface area contributed by atoms with Gasteiger partial charge in [0.1, 0.15) is 11.4 Å². The fraction of sp³-hybridized carbons (Fsp3) is 0.250. The van der Waals surface area contributed by atoms with Crippen LogP contribution in [0.2, 0.25) is 5.02 Å². The molecule has 1 aromatic carbocycles. The lowest BCUT2D eigenvalue weighted by atomic mass is 10.2. The molecule has 0 radical (unpaired) electrons. The lowest BCUT2D eigenvalue weighted by Gasteiger charge is -2.08. The molecule has 0 fully saturated rings. The molecule has 2 aromatic heterocycles. The van der Waals surface area contributed by atoms with Crippen LogP contribution in [0.5, 0.6) is 0 Å². The van der Waals surface area contributed by atoms with E-state index >= 15 is 0 Å². The van der Waals surface area contributed by atoms with E-state index in [1.165, 1.54) is 6.33 Å². The van der Waals surface area contributed by atoms with Gasteiger partial charge in [-0.2, -0.15) is 0 Å². The Kier molecular flexibility index (Phi) is 5.11. The van der Waals surface area contributed by atoms with Gasteiger partial charge in [0.05, 0.1) is 5.69 Å². The number of halogens is 2. The SMILES string of the molecule is CCc1ncnc(Sc2nnc(-c3ccc(Cl)cc3)n2CC)c1F. The molecule has 0 amide bonds. The summed E-state index contributed by atoms with van der Waals surface area (Å²) in [4.78, 5) is 7.98. The van der Waals surface area contributed by atoms with Crippen LogP contribution in [0, 0.1) is 5.82 Å². The second-order valence-corrected chi connectivity index (χ2v) is 6.34. The Morgan fingerprint density at radius 3 is 2.54 bits per heavy atom. The first kappa shape index (κ1) is 16.9. The summed E-state index contributed by atoms with van der Waals surface area (Å²) < 4.78 is 16.3. The summed E-state index contributed by atoms with van der Waals surface area (Å²) in [5.74, 6) is 0.311. The molecule has 124 valence electrons. The third kappa shape index (κ3) is 3.27. The van der Waals surface area contributed by atoms with Crippen molar-refractivity contribution in [3.05, 3.63) is 47.1 Å². The van der Waals surface area contributed by atoms with E-state index in [9.17, 15) is 4.39 Å². The maximum atomic E-state index is 14.4. The van der Waals surface area contributed by atoms with Gasteiger partial charge in [0.15, 0.2) is 16.8 Å². The van der Waals surface area contributed by atoms with Gasteiger partial charge in [-0.1, -0.05) is 18.5 Å². The fourth-order valence-electron chi connectivity index (χ4n) is 2.25. The molecule has 2 heterocycles. The molecule has 0 aliphatic carbocycles. The summed E-state index contributed by atoms with van der Waals surface area (Å²) in [6, 6.07) is 7.37. The zero-order chi connectivity index (χ0) is 17.1. The first-order valence-corrected chi connectivity index (χ1v) is 8.69. The third-order valence-electron chi connectivity index (χ3n) is 3.49. The van der Waals surface area contributed by atoms with Crippen LogP contribution in [-0.2, 0) is 13.0 Å². The molecule has 0 spiro atoms. The maximum Gasteiger partial charge on any atom is 0.197 e. The first-order chi connectivity index (χ1) is 11.6. The van der Waals surface area contributed by atoms with E-state index in [2.05, 4.69) is 20.2 Å². The Hall–Kier alpha value is -1.99. The summed E-state index contributed by atoms with van der Waals surface area (Å²) in [6.45, 7) is 4.49. The molecule has 3 rings (SSSR count). The van der Waals surface area contributed by atoms with Crippen LogP contribution in [0.1, 0.15) is 19.5 Å². The van der Waals surface area contributed by atoms with Crippen molar-refractivity contribution in [1.82, 2.24) is 24.7 Å². The van der Waals surface area contributed by atoms with E-state index in [0.29, 0.717) is 34.7 Å². The molecular weight excluding hydrogens is 349 g/mol. The lowest BCUT2D eigenvalue weighted by Crippen LogP contribution is -2.02. The zero-order valence-electron chi connectivity index (χ0n) is 13.2. The molecule has 3 aromatic rings. The number of hydrogen-bond donors (Lipinski definition) is 0. The summed E-state index contributed by atoms with van der Waals surface area (Å²) >= 11 is 7.08. The Morgan fingerprint density at radius 1 is 1.12 bits per heavy atom. The molecule has 0 N–H and O–H groups in total. The molecule has 0 unspecified atom stereocenters. The fourth-order valence-corrected chi connectivity index (χ4v) is 3.27. The van der Waals surface area contributed by atoms with Crippen LogP contribution in [0.4, 0.5) is 4.39 Å². The van der Waals surface area contributed by atoms with Gasteiger partial charge in [-0.25, -0.2) is 14.4 Å². The van der Waals surface area contributed by atoms with Crippen molar-refractivity contribution in [2.75, 3.05) is 0 Å². The Bertz CT molecular complexity index is 850. The quantitative estimate of drug-likeness (QED) is 0.634. The number of nitrogens with zero attached hydrogens (tertiary/aromatic N) is 5. The van der Waals surface area contributed by atoms with E-state index in [0.717, 1.165) is 17.3 Å². The van der Waals surface area contributed by atoms with Crippen molar-refractivity contribution in [3.63, 3.8) is 0 Å². The van der Waals surface area contributed by atoms with Gasteiger partial charge < -0.3 is 4.57 Å². The molecule has 0 saturated carbocycles. The van der Waals surface area contributed by atoms with Crippen molar-refractivity contribution in [2.45, 2.75) is 37.0 Å². The monoisotopic (exact) mass is 363 g/mol. The standard InChI is InChI=1S/C16H15ClFN5S/c1-3-12-13(18)15(20-9-19-12)24-16-22-21-14(23(16)4-2)10-5-7-11(17)8-6-10/h5-9H,3-4H2,1-2H3. The highest BCUT2D eigenvalue weighted by Gasteiger charge is 2.18. The Morgan fingerprint density at radius 2 is 1.88 bits per heavy atom. The third-order valence-corrected chi connectivity index (χ3v) is 4.70. The Labute approximate surface area is 148 Å². The molecule has 5 nitrogen and oxygen atoms in total. The molecule has 0 bridgehead atoms. The highest BCUT2D eigenvalue weighted by molar-refractivity contribution is 7.99. The average molecular weight is 364 g/mol. The van der Waals surface area contributed by atoms with Gasteiger partial charge in [-0.3, -0.25) is 0 Å². The van der Waals surface area contributed by atoms with Crippen molar-refractivity contribution >= 4 is 23.4 Å². The minimum Gasteiger partial charge on any atom is -0.302 e. The lowest BCUT2D eigenvalue weighted by molar-refractivity contribution is 0.558. The highest BCUT2D eigenvalue weighted by atomic mass is 35.5. The predicted octanol–water partition coefficient (Wildman–Crippen LogP) is 4.26. The van der Waals surface area contributed by atoms with Crippen molar-refractivity contribution in [2.24, 2.45) is 0 Å². The minimum absolute atomic E-state index is 0.256. The molecule has 0 atom stereocenters. The van der Waals surface area contributed by atoms with Gasteiger partial charge in [0, 0.05) is 17.1 Å². The molecule has 0 aliphatic rings. The first-order valence-electron chi connectivity index (χ1n) is 7.50. The van der Waals surface area contributed by atoms with Crippen LogP contribution < -0.4 is 0 Å². The predicted molar refractivity (Wildman–Crippen MR) is 91.6 cm³/mol. The summed E-state index contributed by atoms with van der Waals surface area (Å²) in [7, 11) is 0. The zero-order valence-corrected chi connectivity index (χ0v) is 14.8. The van der Waals surface area contributed by atoms with E-state index in [-0.39, 0.29) is 5.03 Å². The van der Waals surface area contributed by atoms with E-state index < -0.39 is 5.82 Å².